The molecule has 1 aromatic rings. The second-order valence-electron chi connectivity index (χ2n) is 3.68. The van der Waals surface area contributed by atoms with Crippen LogP contribution in [0.5, 0.6) is 0 Å². The highest BCUT2D eigenvalue weighted by molar-refractivity contribution is 6.31. The van der Waals surface area contributed by atoms with Crippen LogP contribution in [-0.2, 0) is 6.42 Å². The fourth-order valence-electron chi connectivity index (χ4n) is 1.42. The molecule has 0 aromatic heterocycles. The monoisotopic (exact) mass is 251 g/mol. The average molecular weight is 252 g/mol. The number of nitrogens with one attached hydrogen (secondary N) is 1. The Morgan fingerprint density at radius 2 is 2.00 bits per heavy atom. The van der Waals surface area contributed by atoms with Crippen LogP contribution < -0.4 is 5.32 Å². The quantitative estimate of drug-likeness (QED) is 0.869. The zero-order chi connectivity index (χ0) is 12.3. The molecule has 0 saturated carbocycles. The van der Waals surface area contributed by atoms with E-state index in [1.807, 2.05) is 6.92 Å². The average Bonchev–Trinajstić information content (AvgIpc) is 2.14. The van der Waals surface area contributed by atoms with Crippen molar-refractivity contribution < 1.29 is 13.2 Å². The van der Waals surface area contributed by atoms with Gasteiger partial charge in [-0.2, -0.15) is 13.2 Å². The predicted octanol–water partition coefficient (Wildman–Crippen LogP) is 3.34. The van der Waals surface area contributed by atoms with Crippen molar-refractivity contribution >= 4 is 11.6 Å². The van der Waals surface area contributed by atoms with Gasteiger partial charge in [0.25, 0.3) is 0 Å². The fraction of sp³-hybridized carbons (Fsp3) is 0.455. The highest BCUT2D eigenvalue weighted by Crippen LogP contribution is 2.26. The Hall–Kier alpha value is -0.740. The predicted molar refractivity (Wildman–Crippen MR) is 58.8 cm³/mol. The minimum atomic E-state index is -4.26. The number of hydrogen-bond donors (Lipinski definition) is 1. The molecule has 0 heterocycles. The maximum Gasteiger partial charge on any atom is 0.404 e. The molecule has 0 aliphatic rings. The Labute approximate surface area is 97.6 Å². The summed E-state index contributed by atoms with van der Waals surface area (Å²) in [7, 11) is 1.29. The molecule has 0 saturated heterocycles. The number of benzene rings is 1. The highest BCUT2D eigenvalue weighted by Gasteiger charge is 2.38. The maximum atomic E-state index is 12.5. The standard InChI is InChI=1S/C11H13ClF3N/c1-7-3-4-8(9(12)5-7)6-10(16-2)11(13,14)15/h3-5,10,16H,6H2,1-2H3. The van der Waals surface area contributed by atoms with Gasteiger partial charge in [-0.05, 0) is 37.6 Å². The molecule has 0 aliphatic carbocycles. The van der Waals surface area contributed by atoms with Crippen molar-refractivity contribution in [2.75, 3.05) is 7.05 Å². The third kappa shape index (κ3) is 3.39. The largest absolute Gasteiger partial charge is 0.404 e. The summed E-state index contributed by atoms with van der Waals surface area (Å²) < 4.78 is 37.5. The Morgan fingerprint density at radius 1 is 1.38 bits per heavy atom. The number of rotatable bonds is 3. The van der Waals surface area contributed by atoms with Gasteiger partial charge in [0, 0.05) is 5.02 Å². The van der Waals surface area contributed by atoms with Gasteiger partial charge < -0.3 is 5.32 Å². The summed E-state index contributed by atoms with van der Waals surface area (Å²) in [6, 6.07) is 3.49. The first kappa shape index (κ1) is 13.3. The van der Waals surface area contributed by atoms with Crippen LogP contribution in [0.3, 0.4) is 0 Å². The van der Waals surface area contributed by atoms with E-state index in [1.165, 1.54) is 7.05 Å². The molecule has 1 rings (SSSR count). The molecule has 0 radical (unpaired) electrons. The maximum absolute atomic E-state index is 12.5. The first-order chi connectivity index (χ1) is 7.34. The van der Waals surface area contributed by atoms with Crippen LogP contribution >= 0.6 is 11.6 Å². The van der Waals surface area contributed by atoms with Crippen LogP contribution in [0, 0.1) is 6.92 Å². The van der Waals surface area contributed by atoms with Crippen LogP contribution in [0.4, 0.5) is 13.2 Å². The van der Waals surface area contributed by atoms with E-state index < -0.39 is 12.2 Å². The van der Waals surface area contributed by atoms with Crippen LogP contribution in [0.25, 0.3) is 0 Å². The van der Waals surface area contributed by atoms with Crippen LogP contribution in [0.15, 0.2) is 18.2 Å². The van der Waals surface area contributed by atoms with Gasteiger partial charge in [0.15, 0.2) is 0 Å². The number of alkyl halides is 3. The fourth-order valence-corrected chi connectivity index (χ4v) is 1.73. The summed E-state index contributed by atoms with van der Waals surface area (Å²) >= 11 is 5.89. The lowest BCUT2D eigenvalue weighted by atomic mass is 10.0. The number of hydrogen-bond acceptors (Lipinski definition) is 1. The van der Waals surface area contributed by atoms with E-state index in [4.69, 9.17) is 11.6 Å². The molecule has 5 heteroatoms. The van der Waals surface area contributed by atoms with Gasteiger partial charge >= 0.3 is 6.18 Å². The number of likely N-dealkylation sites (N-methyl/N-ethyl adjacent to an activating group) is 1. The molecule has 1 atom stereocenters. The molecule has 0 spiro atoms. The van der Waals surface area contributed by atoms with Crippen LogP contribution in [0.2, 0.25) is 5.02 Å². The summed E-state index contributed by atoms with van der Waals surface area (Å²) in [5.74, 6) is 0. The van der Waals surface area contributed by atoms with Gasteiger partial charge in [0.05, 0.1) is 0 Å². The summed E-state index contributed by atoms with van der Waals surface area (Å²) in [5, 5.41) is 2.63. The Kier molecular flexibility index (Phi) is 4.21. The normalized spacial score (nSPS) is 13.9. The van der Waals surface area contributed by atoms with Crippen molar-refractivity contribution in [3.05, 3.63) is 34.3 Å². The van der Waals surface area contributed by atoms with E-state index in [0.717, 1.165) is 5.56 Å². The SMILES string of the molecule is CNC(Cc1ccc(C)cc1Cl)C(F)(F)F. The van der Waals surface area contributed by atoms with E-state index >= 15 is 0 Å². The van der Waals surface area contributed by atoms with Crippen LogP contribution in [0.1, 0.15) is 11.1 Å². The molecule has 0 aliphatic heterocycles. The molecular formula is C11H13ClF3N. The number of aryl methyl sites for hydroxylation is 1. The lowest BCUT2D eigenvalue weighted by Gasteiger charge is -2.20. The Balaban J connectivity index is 2.86. The minimum Gasteiger partial charge on any atom is -0.309 e. The molecule has 0 amide bonds. The number of halogens is 4. The molecule has 0 fully saturated rings. The van der Waals surface area contributed by atoms with Crippen molar-refractivity contribution in [3.8, 4) is 0 Å². The topological polar surface area (TPSA) is 12.0 Å². The summed E-state index contributed by atoms with van der Waals surface area (Å²) in [6.07, 6.45) is -4.41. The Bertz CT molecular complexity index is 363. The van der Waals surface area contributed by atoms with Gasteiger partial charge in [-0.1, -0.05) is 23.7 Å². The van der Waals surface area contributed by atoms with Crippen molar-refractivity contribution in [2.24, 2.45) is 0 Å². The smallest absolute Gasteiger partial charge is 0.309 e. The zero-order valence-electron chi connectivity index (χ0n) is 9.03. The third-order valence-electron chi connectivity index (χ3n) is 2.38. The van der Waals surface area contributed by atoms with Crippen molar-refractivity contribution in [2.45, 2.75) is 25.6 Å². The minimum absolute atomic E-state index is 0.154. The summed E-state index contributed by atoms with van der Waals surface area (Å²) in [5.41, 5.74) is 1.44. The van der Waals surface area contributed by atoms with Crippen molar-refractivity contribution in [3.63, 3.8) is 0 Å². The molecule has 1 aromatic carbocycles. The Morgan fingerprint density at radius 3 is 2.44 bits per heavy atom. The molecular weight excluding hydrogens is 239 g/mol. The first-order valence-electron chi connectivity index (χ1n) is 4.83. The molecule has 16 heavy (non-hydrogen) atoms. The lowest BCUT2D eigenvalue weighted by Crippen LogP contribution is -2.41. The van der Waals surface area contributed by atoms with E-state index in [9.17, 15) is 13.2 Å². The van der Waals surface area contributed by atoms with Crippen molar-refractivity contribution in [1.29, 1.82) is 0 Å². The van der Waals surface area contributed by atoms with E-state index in [1.54, 1.807) is 18.2 Å². The van der Waals surface area contributed by atoms with E-state index in [2.05, 4.69) is 5.32 Å². The van der Waals surface area contributed by atoms with Gasteiger partial charge in [-0.25, -0.2) is 0 Å². The van der Waals surface area contributed by atoms with E-state index in [0.29, 0.717) is 10.6 Å². The van der Waals surface area contributed by atoms with Gasteiger partial charge in [0.2, 0.25) is 0 Å². The van der Waals surface area contributed by atoms with Crippen LogP contribution in [-0.4, -0.2) is 19.3 Å². The highest BCUT2D eigenvalue weighted by atomic mass is 35.5. The molecule has 90 valence electrons. The molecule has 1 N–H and O–H groups in total. The lowest BCUT2D eigenvalue weighted by molar-refractivity contribution is -0.154. The molecule has 1 unspecified atom stereocenters. The second kappa shape index (κ2) is 5.06. The molecule has 0 bridgehead atoms. The van der Waals surface area contributed by atoms with E-state index in [-0.39, 0.29) is 6.42 Å². The third-order valence-corrected chi connectivity index (χ3v) is 2.73. The second-order valence-corrected chi connectivity index (χ2v) is 4.09. The first-order valence-corrected chi connectivity index (χ1v) is 5.21. The summed E-state index contributed by atoms with van der Waals surface area (Å²) in [4.78, 5) is 0. The van der Waals surface area contributed by atoms with Gasteiger partial charge in [0.1, 0.15) is 6.04 Å². The molecule has 1 nitrogen and oxygen atoms in total. The van der Waals surface area contributed by atoms with Gasteiger partial charge in [-0.3, -0.25) is 0 Å². The zero-order valence-corrected chi connectivity index (χ0v) is 9.78. The summed E-state index contributed by atoms with van der Waals surface area (Å²) in [6.45, 7) is 1.84. The van der Waals surface area contributed by atoms with Gasteiger partial charge in [-0.15, -0.1) is 0 Å². The van der Waals surface area contributed by atoms with Crippen molar-refractivity contribution in [1.82, 2.24) is 5.32 Å².